The first-order chi connectivity index (χ1) is 3.41. The van der Waals surface area contributed by atoms with Crippen LogP contribution in [0.2, 0.25) is 0 Å². The quantitative estimate of drug-likeness (QED) is 0.495. The fourth-order valence-corrected chi connectivity index (χ4v) is 0.0745. The van der Waals surface area contributed by atoms with Crippen LogP contribution >= 0.6 is 0 Å². The van der Waals surface area contributed by atoms with Crippen LogP contribution in [0.1, 0.15) is 15.3 Å². The van der Waals surface area contributed by atoms with Crippen LogP contribution in [0, 0.1) is 0 Å². The van der Waals surface area contributed by atoms with Gasteiger partial charge in [-0.1, -0.05) is 13.8 Å². The molecule has 0 fully saturated rings. The van der Waals surface area contributed by atoms with Crippen LogP contribution < -0.4 is 5.32 Å². The summed E-state index contributed by atoms with van der Waals surface area (Å²) >= 11 is 0. The van der Waals surface area contributed by atoms with Gasteiger partial charge >= 0.3 is 0 Å². The molecular formula is C5H15NO. The van der Waals surface area contributed by atoms with Gasteiger partial charge in [0.05, 0.1) is 6.26 Å². The number of rotatable bonds is 1. The Morgan fingerprint density at radius 1 is 1.57 bits per heavy atom. The fraction of sp³-hybridized carbons (Fsp3) is 0.600. The third kappa shape index (κ3) is 33.2. The van der Waals surface area contributed by atoms with Crippen molar-refractivity contribution in [3.05, 3.63) is 12.5 Å². The van der Waals surface area contributed by atoms with E-state index < -0.39 is 0 Å². The molecule has 2 N–H and O–H groups in total. The van der Waals surface area contributed by atoms with E-state index in [0.717, 1.165) is 6.26 Å². The maximum Gasteiger partial charge on any atom is 0.0948 e. The van der Waals surface area contributed by atoms with E-state index in [0.29, 0.717) is 0 Å². The average Bonchev–Trinajstić information content (AvgIpc) is 1.75. The van der Waals surface area contributed by atoms with E-state index in [9.17, 15) is 0 Å². The highest BCUT2D eigenvalue weighted by molar-refractivity contribution is 4.63. The minimum Gasteiger partial charge on any atom is -0.514 e. The first-order valence-electron chi connectivity index (χ1n) is 2.38. The topological polar surface area (TPSA) is 32.3 Å². The summed E-state index contributed by atoms with van der Waals surface area (Å²) in [6.07, 6.45) is 2.38. The molecule has 0 aromatic heterocycles. The van der Waals surface area contributed by atoms with Crippen molar-refractivity contribution < 1.29 is 6.53 Å². The molecule has 0 aliphatic rings. The van der Waals surface area contributed by atoms with Crippen LogP contribution in [0.25, 0.3) is 0 Å². The minimum absolute atomic E-state index is 0. The standard InChI is InChI=1S/C3H7NO.C2H6.H2/c1-4-2-3-5;1-2;/h2-5H,1H3;1-2H3;1H/b3-2-;;. The van der Waals surface area contributed by atoms with Crippen molar-refractivity contribution in [2.45, 2.75) is 13.8 Å². The lowest BCUT2D eigenvalue weighted by molar-refractivity contribution is 0.470. The molecule has 0 unspecified atom stereocenters. The van der Waals surface area contributed by atoms with Crippen LogP contribution in [-0.2, 0) is 0 Å². The van der Waals surface area contributed by atoms with Gasteiger partial charge < -0.3 is 10.4 Å². The molecule has 0 aliphatic carbocycles. The largest absolute Gasteiger partial charge is 0.514 e. The number of aliphatic hydroxyl groups is 1. The third-order valence-corrected chi connectivity index (χ3v) is 0.241. The van der Waals surface area contributed by atoms with Crippen molar-refractivity contribution in [3.8, 4) is 0 Å². The summed E-state index contributed by atoms with van der Waals surface area (Å²) in [6, 6.07) is 0. The summed E-state index contributed by atoms with van der Waals surface area (Å²) in [7, 11) is 1.72. The molecule has 2 heteroatoms. The maximum atomic E-state index is 7.82. The SMILES string of the molecule is CC.CN/C=C\O.[HH]. The van der Waals surface area contributed by atoms with Crippen molar-refractivity contribution in [1.29, 1.82) is 0 Å². The predicted octanol–water partition coefficient (Wildman–Crippen LogP) is 1.51. The van der Waals surface area contributed by atoms with E-state index in [1.165, 1.54) is 6.20 Å². The van der Waals surface area contributed by atoms with Crippen molar-refractivity contribution in [2.24, 2.45) is 0 Å². The molecule has 0 amide bonds. The maximum absolute atomic E-state index is 7.82. The summed E-state index contributed by atoms with van der Waals surface area (Å²) in [5.41, 5.74) is 0. The summed E-state index contributed by atoms with van der Waals surface area (Å²) in [5.74, 6) is 0. The Labute approximate surface area is 46.3 Å². The highest BCUT2D eigenvalue weighted by atomic mass is 16.2. The van der Waals surface area contributed by atoms with E-state index in [-0.39, 0.29) is 1.43 Å². The van der Waals surface area contributed by atoms with E-state index >= 15 is 0 Å². The second-order valence-corrected chi connectivity index (χ2v) is 0.604. The Morgan fingerprint density at radius 2 is 2.00 bits per heavy atom. The van der Waals surface area contributed by atoms with Gasteiger partial charge in [-0.25, -0.2) is 0 Å². The van der Waals surface area contributed by atoms with Crippen LogP contribution in [0.3, 0.4) is 0 Å². The molecule has 0 heterocycles. The van der Waals surface area contributed by atoms with Crippen molar-refractivity contribution in [3.63, 3.8) is 0 Å². The van der Waals surface area contributed by atoms with E-state index in [1.807, 2.05) is 13.8 Å². The number of hydrogen-bond acceptors (Lipinski definition) is 2. The van der Waals surface area contributed by atoms with E-state index in [1.54, 1.807) is 7.05 Å². The smallest absolute Gasteiger partial charge is 0.0948 e. The fourth-order valence-electron chi connectivity index (χ4n) is 0.0745. The van der Waals surface area contributed by atoms with Crippen molar-refractivity contribution in [1.82, 2.24) is 5.32 Å². The molecule has 0 saturated heterocycles. The van der Waals surface area contributed by atoms with E-state index in [4.69, 9.17) is 5.11 Å². The minimum atomic E-state index is 0. The molecule has 7 heavy (non-hydrogen) atoms. The molecule has 46 valence electrons. The van der Waals surface area contributed by atoms with Gasteiger partial charge in [-0.3, -0.25) is 0 Å². The molecular weight excluding hydrogens is 90.1 g/mol. The van der Waals surface area contributed by atoms with Crippen LogP contribution in [-0.4, -0.2) is 12.2 Å². The Kier molecular flexibility index (Phi) is 25.2. The van der Waals surface area contributed by atoms with Crippen LogP contribution in [0.5, 0.6) is 0 Å². The van der Waals surface area contributed by atoms with Crippen molar-refractivity contribution in [2.75, 3.05) is 7.05 Å². The summed E-state index contributed by atoms with van der Waals surface area (Å²) in [5, 5.41) is 10.4. The summed E-state index contributed by atoms with van der Waals surface area (Å²) < 4.78 is 0. The monoisotopic (exact) mass is 105 g/mol. The highest BCUT2D eigenvalue weighted by Gasteiger charge is 1.47. The first kappa shape index (κ1) is 9.60. The zero-order valence-corrected chi connectivity index (χ0v) is 5.10. The predicted molar refractivity (Wildman–Crippen MR) is 34.3 cm³/mol. The zero-order chi connectivity index (χ0) is 6.12. The van der Waals surface area contributed by atoms with Gasteiger partial charge in [0.25, 0.3) is 0 Å². The van der Waals surface area contributed by atoms with Crippen LogP contribution in [0.4, 0.5) is 0 Å². The Morgan fingerprint density at radius 3 is 2.00 bits per heavy atom. The van der Waals surface area contributed by atoms with Crippen LogP contribution in [0.15, 0.2) is 12.5 Å². The lowest BCUT2D eigenvalue weighted by Gasteiger charge is -1.74. The average molecular weight is 105 g/mol. The lowest BCUT2D eigenvalue weighted by atomic mass is 11.0. The number of hydrogen-bond donors (Lipinski definition) is 2. The molecule has 0 spiro atoms. The van der Waals surface area contributed by atoms with Gasteiger partial charge in [-0.2, -0.15) is 0 Å². The van der Waals surface area contributed by atoms with Gasteiger partial charge in [0.2, 0.25) is 0 Å². The molecule has 0 aromatic rings. The second-order valence-electron chi connectivity index (χ2n) is 0.604. The Bertz CT molecular complexity index is 39.4. The molecule has 0 rings (SSSR count). The summed E-state index contributed by atoms with van der Waals surface area (Å²) in [4.78, 5) is 0. The van der Waals surface area contributed by atoms with E-state index in [2.05, 4.69) is 5.32 Å². The first-order valence-corrected chi connectivity index (χ1v) is 2.38. The Balaban J connectivity index is -0.0000000750. The third-order valence-electron chi connectivity index (χ3n) is 0.241. The van der Waals surface area contributed by atoms with Gasteiger partial charge in [0.15, 0.2) is 0 Å². The molecule has 0 aliphatic heterocycles. The zero-order valence-electron chi connectivity index (χ0n) is 5.10. The second kappa shape index (κ2) is 18.4. The molecule has 0 aromatic carbocycles. The van der Waals surface area contributed by atoms with Gasteiger partial charge in [0.1, 0.15) is 0 Å². The molecule has 0 atom stereocenters. The lowest BCUT2D eigenvalue weighted by Crippen LogP contribution is -1.89. The molecule has 0 bridgehead atoms. The normalized spacial score (nSPS) is 7.29. The van der Waals surface area contributed by atoms with Gasteiger partial charge in [0, 0.05) is 14.7 Å². The van der Waals surface area contributed by atoms with Gasteiger partial charge in [-0.15, -0.1) is 0 Å². The number of aliphatic hydroxyl groups excluding tert-OH is 1. The summed E-state index contributed by atoms with van der Waals surface area (Å²) in [6.45, 7) is 4.00. The molecule has 0 radical (unpaired) electrons. The Hall–Kier alpha value is -0.660. The van der Waals surface area contributed by atoms with Crippen molar-refractivity contribution >= 4 is 0 Å². The molecule has 0 saturated carbocycles. The molecule has 2 nitrogen and oxygen atoms in total. The highest BCUT2D eigenvalue weighted by Crippen LogP contribution is 1.47. The van der Waals surface area contributed by atoms with Gasteiger partial charge in [-0.05, 0) is 0 Å². The number of nitrogens with one attached hydrogen (secondary N) is 1.